The average molecular weight is 578 g/mol. The van der Waals surface area contributed by atoms with Crippen molar-refractivity contribution in [3.05, 3.63) is 122 Å². The number of fused-ring (bicyclic) bond motifs is 2. The molecule has 35 heavy (non-hydrogen) atoms. The molecule has 3 aromatic carbocycles. The fourth-order valence-corrected chi connectivity index (χ4v) is 7.07. The minimum absolute atomic E-state index is 0. The molecule has 0 nitrogen and oxygen atoms in total. The second kappa shape index (κ2) is 11.2. The van der Waals surface area contributed by atoms with Gasteiger partial charge in [-0.05, 0) is 0 Å². The van der Waals surface area contributed by atoms with Crippen LogP contribution in [-0.4, -0.2) is 0 Å². The molecule has 1 unspecified atom stereocenters. The fourth-order valence-electron chi connectivity index (χ4n) is 5.89. The van der Waals surface area contributed by atoms with Crippen LogP contribution in [0.2, 0.25) is 0 Å². The van der Waals surface area contributed by atoms with Crippen LogP contribution >= 0.6 is 0 Å². The molecule has 1 atom stereocenters. The van der Waals surface area contributed by atoms with E-state index in [1.165, 1.54) is 87.9 Å². The van der Waals surface area contributed by atoms with E-state index in [1.807, 2.05) is 0 Å². The Bertz CT molecular complexity index is 1540. The van der Waals surface area contributed by atoms with Gasteiger partial charge in [-0.2, -0.15) is 0 Å². The molecule has 0 aliphatic heterocycles. The molecule has 0 fully saturated rings. The summed E-state index contributed by atoms with van der Waals surface area (Å²) in [6, 6.07) is 24.7. The van der Waals surface area contributed by atoms with Crippen molar-refractivity contribution in [3.63, 3.8) is 0 Å². The maximum Gasteiger partial charge on any atom is -1.00 e. The molecule has 0 bridgehead atoms. The maximum atomic E-state index is 2.51. The van der Waals surface area contributed by atoms with E-state index in [0.29, 0.717) is 11.8 Å². The summed E-state index contributed by atoms with van der Waals surface area (Å²) in [5, 5.41) is 5.63. The third-order valence-electron chi connectivity index (χ3n) is 7.36. The third-order valence-corrected chi connectivity index (χ3v) is 8.63. The Labute approximate surface area is 236 Å². The van der Waals surface area contributed by atoms with Crippen molar-refractivity contribution in [2.24, 2.45) is 11.8 Å². The summed E-state index contributed by atoms with van der Waals surface area (Å²) in [5.41, 5.74) is 10.3. The molecule has 0 heterocycles. The largest absolute Gasteiger partial charge is 1.00 e. The van der Waals surface area contributed by atoms with E-state index in [-0.39, 0.29) is 24.8 Å². The Morgan fingerprint density at radius 1 is 0.829 bits per heavy atom. The number of benzene rings is 3. The van der Waals surface area contributed by atoms with E-state index < -0.39 is 0 Å². The predicted octanol–water partition coefficient (Wildman–Crippen LogP) is 0.613. The van der Waals surface area contributed by atoms with Gasteiger partial charge in [0, 0.05) is 0 Å². The van der Waals surface area contributed by atoms with Crippen molar-refractivity contribution in [1.82, 2.24) is 0 Å². The Balaban J connectivity index is 0.00000171. The molecule has 0 radical (unpaired) electrons. The van der Waals surface area contributed by atoms with Gasteiger partial charge >= 0.3 is 214 Å². The number of hydrogen-bond donors (Lipinski definition) is 0. The van der Waals surface area contributed by atoms with Crippen molar-refractivity contribution in [1.29, 1.82) is 0 Å². The van der Waals surface area contributed by atoms with Gasteiger partial charge in [0.1, 0.15) is 0 Å². The van der Waals surface area contributed by atoms with E-state index in [2.05, 4.69) is 107 Å². The summed E-state index contributed by atoms with van der Waals surface area (Å²) < 4.78 is 1.50. The van der Waals surface area contributed by atoms with E-state index in [1.54, 1.807) is 0 Å². The first-order valence-corrected chi connectivity index (χ1v) is 13.4. The van der Waals surface area contributed by atoms with Crippen molar-refractivity contribution >= 4 is 14.4 Å². The molecule has 0 saturated heterocycles. The molecule has 0 spiro atoms. The summed E-state index contributed by atoms with van der Waals surface area (Å²) in [7, 11) is 0. The Kier molecular flexibility index (Phi) is 8.91. The molecule has 3 aromatic rings. The van der Waals surface area contributed by atoms with E-state index in [0.717, 1.165) is 6.42 Å². The van der Waals surface area contributed by atoms with Crippen molar-refractivity contribution < 1.29 is 49.5 Å². The van der Waals surface area contributed by atoms with Gasteiger partial charge in [0.2, 0.25) is 0 Å². The second-order valence-corrected chi connectivity index (χ2v) is 10.9. The SMILES string of the molecule is CCC(c1ccccc1)=c1ccc2c(c1C1=C(C)C(C(C)C)=CC1C)[C]([Zr+2])=c1ccccc1=2.[Cl-].[Cl-]. The van der Waals surface area contributed by atoms with Crippen LogP contribution in [0.5, 0.6) is 0 Å². The van der Waals surface area contributed by atoms with Gasteiger partial charge in [-0.25, -0.2) is 0 Å². The van der Waals surface area contributed by atoms with Crippen LogP contribution in [-0.2, 0) is 24.7 Å². The fraction of sp³-hybridized carbons (Fsp3) is 0.250. The topological polar surface area (TPSA) is 0 Å². The van der Waals surface area contributed by atoms with Crippen LogP contribution in [0.1, 0.15) is 57.7 Å². The molecule has 3 heteroatoms. The summed E-state index contributed by atoms with van der Waals surface area (Å²) >= 11 is 1.49. The van der Waals surface area contributed by atoms with Crippen LogP contribution in [0.15, 0.2) is 84.0 Å². The predicted molar refractivity (Wildman–Crippen MR) is 136 cm³/mol. The van der Waals surface area contributed by atoms with Crippen LogP contribution in [0.4, 0.5) is 0 Å². The van der Waals surface area contributed by atoms with Gasteiger partial charge in [-0.15, -0.1) is 0 Å². The summed E-state index contributed by atoms with van der Waals surface area (Å²) in [4.78, 5) is 0. The summed E-state index contributed by atoms with van der Waals surface area (Å²) in [6.07, 6.45) is 3.53. The number of rotatable bonds is 4. The number of allylic oxidation sites excluding steroid dienone is 4. The van der Waals surface area contributed by atoms with Gasteiger partial charge in [0.25, 0.3) is 0 Å². The zero-order valence-electron chi connectivity index (χ0n) is 21.0. The minimum atomic E-state index is 0. The van der Waals surface area contributed by atoms with Gasteiger partial charge in [0.05, 0.1) is 0 Å². The van der Waals surface area contributed by atoms with Crippen molar-refractivity contribution in [2.45, 2.75) is 41.0 Å². The average Bonchev–Trinajstić information content (AvgIpc) is 3.29. The molecular formula is C32H31Cl2Zr. The van der Waals surface area contributed by atoms with E-state index >= 15 is 0 Å². The van der Waals surface area contributed by atoms with Crippen LogP contribution < -0.4 is 35.3 Å². The van der Waals surface area contributed by atoms with Gasteiger partial charge < -0.3 is 24.8 Å². The molecule has 0 N–H and O–H groups in total. The van der Waals surface area contributed by atoms with Crippen molar-refractivity contribution in [2.75, 3.05) is 0 Å². The standard InChI is InChI=1S/C32H31.2ClH.Zr/c1-6-25(23-12-8-7-9-13-23)28-17-16-27-26-15-11-10-14-24(26)19-30(27)32(28)31-21(4)18-29(20(2)3)22(31)5;;;/h7-18,20-21H,6H2,1-5H3;2*1H;/q;;;+2/p-2. The molecule has 2 aliphatic carbocycles. The Hall–Kier alpha value is -1.66. The van der Waals surface area contributed by atoms with Crippen LogP contribution in [0.25, 0.3) is 14.4 Å². The van der Waals surface area contributed by atoms with Crippen LogP contribution in [0, 0.1) is 22.3 Å². The summed E-state index contributed by atoms with van der Waals surface area (Å²) in [6.45, 7) is 11.7. The van der Waals surface area contributed by atoms with Gasteiger partial charge in [-0.3, -0.25) is 0 Å². The van der Waals surface area contributed by atoms with Crippen LogP contribution in [0.3, 0.4) is 0 Å². The van der Waals surface area contributed by atoms with Gasteiger partial charge in [0.15, 0.2) is 0 Å². The molecular weight excluding hydrogens is 546 g/mol. The van der Waals surface area contributed by atoms with Gasteiger partial charge in [-0.1, -0.05) is 0 Å². The second-order valence-electron chi connectivity index (χ2n) is 9.63. The molecule has 2 aliphatic rings. The first-order valence-electron chi connectivity index (χ1n) is 12.1. The zero-order valence-corrected chi connectivity index (χ0v) is 25.0. The Morgan fingerprint density at radius 2 is 1.46 bits per heavy atom. The smallest absolute Gasteiger partial charge is 1.00 e. The molecule has 177 valence electrons. The minimum Gasteiger partial charge on any atom is -1.00 e. The number of halogens is 2. The Morgan fingerprint density at radius 3 is 2.06 bits per heavy atom. The molecule has 0 amide bonds. The monoisotopic (exact) mass is 575 g/mol. The number of hydrogen-bond acceptors (Lipinski definition) is 0. The maximum absolute atomic E-state index is 2.51. The molecule has 0 saturated carbocycles. The van der Waals surface area contributed by atoms with E-state index in [4.69, 9.17) is 0 Å². The molecule has 0 aromatic heterocycles. The summed E-state index contributed by atoms with van der Waals surface area (Å²) in [5.74, 6) is 0.969. The van der Waals surface area contributed by atoms with E-state index in [9.17, 15) is 0 Å². The first-order chi connectivity index (χ1) is 15.9. The van der Waals surface area contributed by atoms with Crippen molar-refractivity contribution in [3.8, 4) is 0 Å². The zero-order chi connectivity index (χ0) is 23.3. The normalized spacial score (nSPS) is 17.0. The molecule has 5 rings (SSSR count). The first kappa shape index (κ1) is 27.9. The third kappa shape index (κ3) is 4.61. The quantitative estimate of drug-likeness (QED) is 0.427.